The summed E-state index contributed by atoms with van der Waals surface area (Å²) >= 11 is 0. The molecular weight excluding hydrogens is 224 g/mol. The summed E-state index contributed by atoms with van der Waals surface area (Å²) in [5.74, 6) is 1.84. The van der Waals surface area contributed by atoms with Crippen LogP contribution in [0.15, 0.2) is 18.3 Å². The Morgan fingerprint density at radius 2 is 2.22 bits per heavy atom. The molecule has 1 aliphatic rings. The number of fused-ring (bicyclic) bond motifs is 1. The van der Waals surface area contributed by atoms with Gasteiger partial charge in [-0.1, -0.05) is 13.0 Å². The van der Waals surface area contributed by atoms with Crippen molar-refractivity contribution in [3.63, 3.8) is 0 Å². The predicted octanol–water partition coefficient (Wildman–Crippen LogP) is 1.92. The number of nitrogens with zero attached hydrogens (tertiary/aromatic N) is 4. The number of aryl methyl sites for hydroxylation is 1. The fraction of sp³-hybridized carbons (Fsp3) is 0.571. The second-order valence-electron chi connectivity index (χ2n) is 5.30. The summed E-state index contributed by atoms with van der Waals surface area (Å²) in [6.07, 6.45) is 4.47. The van der Waals surface area contributed by atoms with Crippen LogP contribution in [0.2, 0.25) is 0 Å². The Kier molecular flexibility index (Phi) is 3.04. The highest BCUT2D eigenvalue weighted by Gasteiger charge is 2.23. The topological polar surface area (TPSA) is 33.4 Å². The molecule has 2 aromatic rings. The third-order valence-electron chi connectivity index (χ3n) is 3.91. The summed E-state index contributed by atoms with van der Waals surface area (Å²) in [5.41, 5.74) is 2.21. The summed E-state index contributed by atoms with van der Waals surface area (Å²) in [4.78, 5) is 2.51. The Labute approximate surface area is 108 Å². The molecule has 18 heavy (non-hydrogen) atoms. The van der Waals surface area contributed by atoms with Crippen LogP contribution in [0.3, 0.4) is 0 Å². The van der Waals surface area contributed by atoms with E-state index >= 15 is 0 Å². The molecule has 0 spiro atoms. The maximum Gasteiger partial charge on any atom is 0.160 e. The van der Waals surface area contributed by atoms with Gasteiger partial charge < -0.3 is 4.90 Å². The van der Waals surface area contributed by atoms with Gasteiger partial charge in [-0.2, -0.15) is 0 Å². The highest BCUT2D eigenvalue weighted by molar-refractivity contribution is 5.39. The lowest BCUT2D eigenvalue weighted by atomic mass is 10.0. The Morgan fingerprint density at radius 1 is 1.33 bits per heavy atom. The lowest BCUT2D eigenvalue weighted by molar-refractivity contribution is 0.340. The summed E-state index contributed by atoms with van der Waals surface area (Å²) in [7, 11) is 0. The Balaban J connectivity index is 1.80. The lowest BCUT2D eigenvalue weighted by Crippen LogP contribution is -2.20. The van der Waals surface area contributed by atoms with E-state index in [0.29, 0.717) is 0 Å². The lowest BCUT2D eigenvalue weighted by Gasteiger charge is -2.12. The van der Waals surface area contributed by atoms with Gasteiger partial charge in [0.25, 0.3) is 0 Å². The SMILES string of the molecule is CCN1CCC(Cc2nnc3ccc(C)cn23)C1. The van der Waals surface area contributed by atoms with Crippen molar-refractivity contribution in [2.45, 2.75) is 26.7 Å². The zero-order valence-corrected chi connectivity index (χ0v) is 11.1. The second-order valence-corrected chi connectivity index (χ2v) is 5.30. The van der Waals surface area contributed by atoms with E-state index in [4.69, 9.17) is 0 Å². The molecule has 0 amide bonds. The van der Waals surface area contributed by atoms with Crippen LogP contribution < -0.4 is 0 Å². The highest BCUT2D eigenvalue weighted by Crippen LogP contribution is 2.20. The van der Waals surface area contributed by atoms with Gasteiger partial charge in [-0.3, -0.25) is 4.40 Å². The monoisotopic (exact) mass is 244 g/mol. The molecule has 0 saturated carbocycles. The molecule has 1 unspecified atom stereocenters. The Hall–Kier alpha value is -1.42. The second kappa shape index (κ2) is 4.69. The smallest absolute Gasteiger partial charge is 0.160 e. The van der Waals surface area contributed by atoms with E-state index in [1.165, 1.54) is 25.1 Å². The van der Waals surface area contributed by atoms with Crippen LogP contribution >= 0.6 is 0 Å². The minimum absolute atomic E-state index is 0.734. The van der Waals surface area contributed by atoms with Crippen LogP contribution in [0, 0.1) is 12.8 Å². The van der Waals surface area contributed by atoms with Crippen LogP contribution in [-0.4, -0.2) is 39.1 Å². The maximum absolute atomic E-state index is 4.35. The predicted molar refractivity (Wildman–Crippen MR) is 71.6 cm³/mol. The largest absolute Gasteiger partial charge is 0.303 e. The summed E-state index contributed by atoms with van der Waals surface area (Å²) in [6, 6.07) is 4.13. The molecular formula is C14H20N4. The molecule has 1 aliphatic heterocycles. The number of hydrogen-bond acceptors (Lipinski definition) is 3. The summed E-state index contributed by atoms with van der Waals surface area (Å²) in [5, 5.41) is 8.59. The molecule has 0 aliphatic carbocycles. The van der Waals surface area contributed by atoms with Gasteiger partial charge in [0.05, 0.1) is 0 Å². The van der Waals surface area contributed by atoms with Crippen LogP contribution in [0.4, 0.5) is 0 Å². The van der Waals surface area contributed by atoms with Crippen molar-refractivity contribution in [1.29, 1.82) is 0 Å². The average molecular weight is 244 g/mol. The molecule has 96 valence electrons. The van der Waals surface area contributed by atoms with Crippen molar-refractivity contribution in [3.05, 3.63) is 29.7 Å². The molecule has 4 nitrogen and oxygen atoms in total. The van der Waals surface area contributed by atoms with Crippen molar-refractivity contribution in [3.8, 4) is 0 Å². The van der Waals surface area contributed by atoms with Crippen molar-refractivity contribution >= 4 is 5.65 Å². The molecule has 1 fully saturated rings. The van der Waals surface area contributed by atoms with Crippen LogP contribution in [-0.2, 0) is 6.42 Å². The van der Waals surface area contributed by atoms with Gasteiger partial charge >= 0.3 is 0 Å². The average Bonchev–Trinajstić information content (AvgIpc) is 2.97. The molecule has 0 aromatic carbocycles. The third kappa shape index (κ3) is 2.12. The van der Waals surface area contributed by atoms with E-state index in [-0.39, 0.29) is 0 Å². The quantitative estimate of drug-likeness (QED) is 0.827. The molecule has 1 atom stereocenters. The molecule has 1 saturated heterocycles. The number of rotatable bonds is 3. The van der Waals surface area contributed by atoms with Crippen LogP contribution in [0.25, 0.3) is 5.65 Å². The van der Waals surface area contributed by atoms with Crippen molar-refractivity contribution in [2.75, 3.05) is 19.6 Å². The number of aromatic nitrogens is 3. The zero-order valence-electron chi connectivity index (χ0n) is 11.1. The first kappa shape index (κ1) is 11.7. The first-order chi connectivity index (χ1) is 8.76. The molecule has 2 aromatic heterocycles. The van der Waals surface area contributed by atoms with Gasteiger partial charge in [0, 0.05) is 19.2 Å². The van der Waals surface area contributed by atoms with Crippen molar-refractivity contribution < 1.29 is 0 Å². The first-order valence-electron chi connectivity index (χ1n) is 6.79. The van der Waals surface area contributed by atoms with Crippen LogP contribution in [0.1, 0.15) is 24.7 Å². The van der Waals surface area contributed by atoms with Gasteiger partial charge in [0.15, 0.2) is 5.65 Å². The molecule has 0 bridgehead atoms. The molecule has 3 rings (SSSR count). The molecule has 0 N–H and O–H groups in total. The van der Waals surface area contributed by atoms with Gasteiger partial charge in [0.1, 0.15) is 5.82 Å². The minimum Gasteiger partial charge on any atom is -0.303 e. The number of pyridine rings is 1. The van der Waals surface area contributed by atoms with Gasteiger partial charge in [-0.15, -0.1) is 10.2 Å². The molecule has 0 radical (unpaired) electrons. The molecule has 3 heterocycles. The van der Waals surface area contributed by atoms with Gasteiger partial charge in [0.2, 0.25) is 0 Å². The Morgan fingerprint density at radius 3 is 3.00 bits per heavy atom. The fourth-order valence-electron chi connectivity index (χ4n) is 2.81. The van der Waals surface area contributed by atoms with E-state index in [9.17, 15) is 0 Å². The summed E-state index contributed by atoms with van der Waals surface area (Å²) < 4.78 is 2.14. The zero-order chi connectivity index (χ0) is 12.5. The maximum atomic E-state index is 4.35. The van der Waals surface area contributed by atoms with Crippen molar-refractivity contribution in [1.82, 2.24) is 19.5 Å². The first-order valence-corrected chi connectivity index (χ1v) is 6.79. The number of likely N-dealkylation sites (tertiary alicyclic amines) is 1. The fourth-order valence-corrected chi connectivity index (χ4v) is 2.81. The summed E-state index contributed by atoms with van der Waals surface area (Å²) in [6.45, 7) is 7.94. The van der Waals surface area contributed by atoms with Crippen LogP contribution in [0.5, 0.6) is 0 Å². The van der Waals surface area contributed by atoms with E-state index < -0.39 is 0 Å². The third-order valence-corrected chi connectivity index (χ3v) is 3.91. The normalized spacial score (nSPS) is 20.9. The van der Waals surface area contributed by atoms with Gasteiger partial charge in [-0.25, -0.2) is 0 Å². The highest BCUT2D eigenvalue weighted by atomic mass is 15.2. The van der Waals surface area contributed by atoms with E-state index in [2.05, 4.69) is 45.6 Å². The van der Waals surface area contributed by atoms with E-state index in [1.807, 2.05) is 6.07 Å². The van der Waals surface area contributed by atoms with Crippen molar-refractivity contribution in [2.24, 2.45) is 5.92 Å². The standard InChI is InChI=1S/C14H20N4/c1-3-17-7-6-12(10-17)8-14-16-15-13-5-4-11(2)9-18(13)14/h4-5,9,12H,3,6-8,10H2,1-2H3. The Bertz CT molecular complexity index is 546. The van der Waals surface area contributed by atoms with Gasteiger partial charge in [-0.05, 0) is 44.0 Å². The van der Waals surface area contributed by atoms with E-state index in [1.54, 1.807) is 0 Å². The minimum atomic E-state index is 0.734. The number of hydrogen-bond donors (Lipinski definition) is 0. The molecule has 4 heteroatoms. The van der Waals surface area contributed by atoms with E-state index in [0.717, 1.165) is 30.4 Å².